The summed E-state index contributed by atoms with van der Waals surface area (Å²) < 4.78 is 98.5. The van der Waals surface area contributed by atoms with Crippen LogP contribution in [0.15, 0.2) is 42.5 Å². The summed E-state index contributed by atoms with van der Waals surface area (Å²) in [6.07, 6.45) is 0. The smallest absolute Gasteiger partial charge is 0.200 e. The van der Waals surface area contributed by atoms with Crippen molar-refractivity contribution in [2.24, 2.45) is 0 Å². The van der Waals surface area contributed by atoms with E-state index in [9.17, 15) is 30.7 Å². The summed E-state index contributed by atoms with van der Waals surface area (Å²) in [5.74, 6) is -12.9. The molecule has 0 amide bonds. The van der Waals surface area contributed by atoms with Crippen LogP contribution in [-0.4, -0.2) is 9.55 Å². The molecule has 0 atom stereocenters. The van der Waals surface area contributed by atoms with Gasteiger partial charge >= 0.3 is 0 Å². The van der Waals surface area contributed by atoms with Crippen LogP contribution in [-0.2, 0) is 6.54 Å². The molecule has 0 spiro atoms. The monoisotopic (exact) mass is 410 g/mol. The van der Waals surface area contributed by atoms with Gasteiger partial charge in [-0.3, -0.25) is 0 Å². The quantitative estimate of drug-likeness (QED) is 0.240. The highest BCUT2D eigenvalue weighted by Crippen LogP contribution is 2.31. The van der Waals surface area contributed by atoms with Crippen LogP contribution in [0.3, 0.4) is 0 Å². The molecule has 0 bridgehead atoms. The van der Waals surface area contributed by atoms with Crippen molar-refractivity contribution in [3.63, 3.8) is 0 Å². The van der Waals surface area contributed by atoms with Crippen LogP contribution in [0, 0.1) is 40.7 Å². The first-order valence-corrected chi connectivity index (χ1v) is 8.21. The number of nitrogens with zero attached hydrogens (tertiary/aromatic N) is 2. The van der Waals surface area contributed by atoms with E-state index in [4.69, 9.17) is 0 Å². The van der Waals surface area contributed by atoms with Crippen molar-refractivity contribution in [2.75, 3.05) is 0 Å². The van der Waals surface area contributed by atoms with Crippen LogP contribution in [0.1, 0.15) is 5.56 Å². The van der Waals surface area contributed by atoms with Crippen molar-refractivity contribution in [3.05, 3.63) is 88.7 Å². The van der Waals surface area contributed by atoms with Crippen molar-refractivity contribution >= 4 is 11.0 Å². The molecule has 9 heteroatoms. The summed E-state index contributed by atoms with van der Waals surface area (Å²) in [5.41, 5.74) is -1.33. The third-order valence-corrected chi connectivity index (χ3v) is 4.46. The summed E-state index contributed by atoms with van der Waals surface area (Å²) in [7, 11) is 0. The van der Waals surface area contributed by atoms with Gasteiger partial charge in [0.1, 0.15) is 17.5 Å². The zero-order valence-electron chi connectivity index (χ0n) is 14.3. The summed E-state index contributed by atoms with van der Waals surface area (Å²) in [6.45, 7) is -0.893. The number of fused-ring (bicyclic) bond motifs is 1. The number of imidazole rings is 1. The minimum absolute atomic E-state index is 0.189. The number of rotatable bonds is 3. The van der Waals surface area contributed by atoms with E-state index >= 15 is 0 Å². The maximum absolute atomic E-state index is 14.3. The van der Waals surface area contributed by atoms with Crippen LogP contribution >= 0.6 is 0 Å². The van der Waals surface area contributed by atoms with E-state index in [0.29, 0.717) is 0 Å². The summed E-state index contributed by atoms with van der Waals surface area (Å²) in [6, 6.07) is 9.05. The Hall–Kier alpha value is -3.36. The van der Waals surface area contributed by atoms with E-state index in [1.807, 2.05) is 0 Å². The van der Waals surface area contributed by atoms with Crippen molar-refractivity contribution in [2.45, 2.75) is 6.54 Å². The molecule has 1 heterocycles. The first-order chi connectivity index (χ1) is 13.8. The fraction of sp³-hybridized carbons (Fsp3) is 0.0500. The Morgan fingerprint density at radius 1 is 0.655 bits per heavy atom. The molecule has 0 fully saturated rings. The number of benzene rings is 3. The lowest BCUT2D eigenvalue weighted by Gasteiger charge is -2.13. The highest BCUT2D eigenvalue weighted by molar-refractivity contribution is 5.81. The van der Waals surface area contributed by atoms with E-state index in [2.05, 4.69) is 4.98 Å². The van der Waals surface area contributed by atoms with Crippen molar-refractivity contribution in [3.8, 4) is 11.4 Å². The molecule has 0 aliphatic rings. The lowest BCUT2D eigenvalue weighted by molar-refractivity contribution is 0.368. The Morgan fingerprint density at radius 3 is 1.83 bits per heavy atom. The third kappa shape index (κ3) is 2.93. The minimum atomic E-state index is -2.29. The minimum Gasteiger partial charge on any atom is -0.319 e. The Labute approximate surface area is 158 Å². The lowest BCUT2D eigenvalue weighted by atomic mass is 10.1. The molecule has 0 saturated carbocycles. The van der Waals surface area contributed by atoms with Gasteiger partial charge in [-0.1, -0.05) is 18.2 Å². The van der Waals surface area contributed by atoms with Gasteiger partial charge in [-0.15, -0.1) is 0 Å². The highest BCUT2D eigenvalue weighted by atomic mass is 19.2. The Morgan fingerprint density at radius 2 is 1.21 bits per heavy atom. The lowest BCUT2D eigenvalue weighted by Crippen LogP contribution is -2.12. The average Bonchev–Trinajstić information content (AvgIpc) is 3.06. The normalized spacial score (nSPS) is 11.4. The molecule has 4 aromatic rings. The largest absolute Gasteiger partial charge is 0.319 e. The second-order valence-electron chi connectivity index (χ2n) is 6.16. The Balaban J connectivity index is 2.01. The maximum atomic E-state index is 14.3. The van der Waals surface area contributed by atoms with Crippen LogP contribution in [0.5, 0.6) is 0 Å². The number of hydrogen-bond acceptors (Lipinski definition) is 1. The van der Waals surface area contributed by atoms with E-state index in [-0.39, 0.29) is 16.9 Å². The molecule has 0 aliphatic heterocycles. The molecule has 0 saturated heterocycles. The number of halogens is 7. The predicted octanol–water partition coefficient (Wildman–Crippen LogP) is 5.73. The SMILES string of the molecule is Fc1cccc(F)c1-c1nc2ccccc2n1Cc1c(F)c(F)c(F)c(F)c1F. The van der Waals surface area contributed by atoms with Crippen LogP contribution in [0.4, 0.5) is 30.7 Å². The number of para-hydroxylation sites is 2. The van der Waals surface area contributed by atoms with Crippen LogP contribution in [0.2, 0.25) is 0 Å². The van der Waals surface area contributed by atoms with E-state index < -0.39 is 58.4 Å². The first kappa shape index (κ1) is 19.0. The molecule has 3 aromatic carbocycles. The second kappa shape index (κ2) is 6.91. The molecule has 4 rings (SSSR count). The molecule has 0 unspecified atom stereocenters. The van der Waals surface area contributed by atoms with Gasteiger partial charge in [0.15, 0.2) is 23.3 Å². The summed E-state index contributed by atoms with van der Waals surface area (Å²) in [4.78, 5) is 4.10. The van der Waals surface area contributed by atoms with Gasteiger partial charge in [-0.2, -0.15) is 0 Å². The predicted molar refractivity (Wildman–Crippen MR) is 90.4 cm³/mol. The van der Waals surface area contributed by atoms with Gasteiger partial charge in [0.25, 0.3) is 0 Å². The zero-order valence-corrected chi connectivity index (χ0v) is 14.3. The molecule has 0 N–H and O–H groups in total. The Kier molecular flexibility index (Phi) is 4.52. The Bertz CT molecular complexity index is 1210. The molecular weight excluding hydrogens is 401 g/mol. The van der Waals surface area contributed by atoms with Gasteiger partial charge in [0, 0.05) is 5.56 Å². The zero-order chi connectivity index (χ0) is 20.9. The second-order valence-corrected chi connectivity index (χ2v) is 6.16. The molecular formula is C20H9F7N2. The van der Waals surface area contributed by atoms with Crippen LogP contribution in [0.25, 0.3) is 22.4 Å². The van der Waals surface area contributed by atoms with Gasteiger partial charge in [-0.05, 0) is 24.3 Å². The van der Waals surface area contributed by atoms with Gasteiger partial charge in [-0.25, -0.2) is 35.7 Å². The fourth-order valence-corrected chi connectivity index (χ4v) is 3.09. The topological polar surface area (TPSA) is 17.8 Å². The van der Waals surface area contributed by atoms with Gasteiger partial charge in [0.05, 0.1) is 23.1 Å². The first-order valence-electron chi connectivity index (χ1n) is 8.21. The number of hydrogen-bond donors (Lipinski definition) is 0. The fourth-order valence-electron chi connectivity index (χ4n) is 3.09. The standard InChI is InChI=1S/C20H9F7N2/c21-10-4-3-5-11(22)14(10)20-28-12-6-1-2-7-13(12)29(20)8-9-15(23)17(25)19(27)18(26)16(9)24/h1-7H,8H2. The number of aromatic nitrogens is 2. The summed E-state index contributed by atoms with van der Waals surface area (Å²) >= 11 is 0. The summed E-state index contributed by atoms with van der Waals surface area (Å²) in [5, 5.41) is 0. The molecule has 148 valence electrons. The van der Waals surface area contributed by atoms with E-state index in [1.54, 1.807) is 6.07 Å². The van der Waals surface area contributed by atoms with E-state index in [1.165, 1.54) is 18.2 Å². The molecule has 2 nitrogen and oxygen atoms in total. The molecule has 29 heavy (non-hydrogen) atoms. The van der Waals surface area contributed by atoms with Gasteiger partial charge < -0.3 is 4.57 Å². The average molecular weight is 410 g/mol. The molecule has 0 radical (unpaired) electrons. The highest BCUT2D eigenvalue weighted by Gasteiger charge is 2.28. The van der Waals surface area contributed by atoms with Gasteiger partial charge in [0.2, 0.25) is 5.82 Å². The van der Waals surface area contributed by atoms with E-state index in [0.717, 1.165) is 22.8 Å². The molecule has 1 aromatic heterocycles. The van der Waals surface area contributed by atoms with Crippen molar-refractivity contribution in [1.29, 1.82) is 0 Å². The molecule has 0 aliphatic carbocycles. The maximum Gasteiger partial charge on any atom is 0.200 e. The van der Waals surface area contributed by atoms with Crippen LogP contribution < -0.4 is 0 Å². The third-order valence-electron chi connectivity index (χ3n) is 4.46. The van der Waals surface area contributed by atoms with Crippen molar-refractivity contribution < 1.29 is 30.7 Å². The van der Waals surface area contributed by atoms with Crippen molar-refractivity contribution in [1.82, 2.24) is 9.55 Å².